The molecule has 2 atom stereocenters. The second-order valence-corrected chi connectivity index (χ2v) is 11.0. The maximum atomic E-state index is 13.3. The number of nitrogens with one attached hydrogen (secondary N) is 2. The van der Waals surface area contributed by atoms with E-state index in [1.807, 2.05) is 13.0 Å². The van der Waals surface area contributed by atoms with Crippen molar-refractivity contribution in [2.75, 3.05) is 23.8 Å². The predicted molar refractivity (Wildman–Crippen MR) is 141 cm³/mol. The van der Waals surface area contributed by atoms with E-state index in [-0.39, 0.29) is 11.4 Å². The Morgan fingerprint density at radius 1 is 0.973 bits per heavy atom. The van der Waals surface area contributed by atoms with Crippen molar-refractivity contribution in [1.82, 2.24) is 0 Å². The van der Waals surface area contributed by atoms with Crippen molar-refractivity contribution in [3.8, 4) is 16.9 Å². The summed E-state index contributed by atoms with van der Waals surface area (Å²) in [6.07, 6.45) is -0.258. The third-order valence-corrected chi connectivity index (χ3v) is 9.06. The molecule has 1 saturated heterocycles. The number of para-hydroxylation sites is 2. The molecule has 0 bridgehead atoms. The van der Waals surface area contributed by atoms with Gasteiger partial charge in [0.15, 0.2) is 0 Å². The predicted octanol–water partition coefficient (Wildman–Crippen LogP) is 5.76. The fourth-order valence-electron chi connectivity index (χ4n) is 4.68. The summed E-state index contributed by atoms with van der Waals surface area (Å²) in [6.45, 7) is 4.07. The number of amides is 3. The first-order valence-electron chi connectivity index (χ1n) is 12.1. The van der Waals surface area contributed by atoms with Crippen LogP contribution in [-0.2, 0) is 10.0 Å². The van der Waals surface area contributed by atoms with Gasteiger partial charge in [0.1, 0.15) is 23.2 Å². The fourth-order valence-corrected chi connectivity index (χ4v) is 6.69. The summed E-state index contributed by atoms with van der Waals surface area (Å²) in [5, 5.41) is 15.4. The van der Waals surface area contributed by atoms with Crippen LogP contribution in [0.25, 0.3) is 11.1 Å². The van der Waals surface area contributed by atoms with E-state index in [0.29, 0.717) is 36.6 Å². The van der Waals surface area contributed by atoms with Crippen molar-refractivity contribution in [1.29, 1.82) is 0 Å². The molecule has 3 N–H and O–H groups in total. The summed E-state index contributed by atoms with van der Waals surface area (Å²) in [7, 11) is -4.13. The summed E-state index contributed by atoms with van der Waals surface area (Å²) in [4.78, 5) is 24.5. The van der Waals surface area contributed by atoms with Crippen molar-refractivity contribution in [3.05, 3.63) is 72.8 Å². The van der Waals surface area contributed by atoms with Gasteiger partial charge in [0, 0.05) is 18.5 Å². The number of carbonyl (C=O) groups excluding carboxylic acids is 1. The summed E-state index contributed by atoms with van der Waals surface area (Å²) in [5.74, 6) is 0.580. The Balaban J connectivity index is 1.46. The highest BCUT2D eigenvalue weighted by Gasteiger charge is 2.57. The molecule has 3 aromatic rings. The molecule has 3 amide bonds. The number of sulfonamides is 1. The number of hydrogen-bond donors (Lipinski definition) is 3. The van der Waals surface area contributed by atoms with E-state index in [9.17, 15) is 23.1 Å². The molecule has 0 saturated carbocycles. The van der Waals surface area contributed by atoms with Gasteiger partial charge in [-0.25, -0.2) is 4.79 Å². The summed E-state index contributed by atoms with van der Waals surface area (Å²) in [5.41, 5.74) is 2.71. The van der Waals surface area contributed by atoms with E-state index < -0.39 is 32.1 Å². The SMILES string of the molecule is CCOc1ccccc1NC(=O)Nc1ccc(-c2ccc(S(=O)(=O)[N+]3(C(=O)O)CCC[C@H]3C)cc2)cc1. The molecule has 1 fully saturated rings. The molecule has 9 nitrogen and oxygen atoms in total. The third-order valence-electron chi connectivity index (χ3n) is 6.64. The van der Waals surface area contributed by atoms with Gasteiger partial charge in [-0.15, -0.1) is 3.89 Å². The topological polar surface area (TPSA) is 122 Å². The Kier molecular flexibility index (Phi) is 7.51. The smallest absolute Gasteiger partial charge is 0.492 e. The number of carbonyl (C=O) groups is 2. The van der Waals surface area contributed by atoms with Gasteiger partial charge in [-0.1, -0.05) is 36.4 Å². The number of quaternary nitrogens is 1. The van der Waals surface area contributed by atoms with Crippen molar-refractivity contribution in [2.45, 2.75) is 37.6 Å². The molecule has 10 heteroatoms. The first kappa shape index (κ1) is 26.2. The zero-order valence-electron chi connectivity index (χ0n) is 20.7. The van der Waals surface area contributed by atoms with Gasteiger partial charge in [0.25, 0.3) is 0 Å². The molecule has 0 spiro atoms. The summed E-state index contributed by atoms with van der Waals surface area (Å²) < 4.78 is 31.2. The fraction of sp³-hybridized carbons (Fsp3) is 0.259. The van der Waals surface area contributed by atoms with Crippen LogP contribution < -0.4 is 15.4 Å². The molecule has 1 heterocycles. The highest BCUT2D eigenvalue weighted by molar-refractivity contribution is 7.86. The molecule has 1 aliphatic heterocycles. The largest absolute Gasteiger partial charge is 0.529 e. The molecule has 0 aromatic heterocycles. The first-order valence-corrected chi connectivity index (χ1v) is 13.5. The summed E-state index contributed by atoms with van der Waals surface area (Å²) >= 11 is 0. The van der Waals surface area contributed by atoms with E-state index in [1.54, 1.807) is 61.5 Å². The molecule has 194 valence electrons. The third kappa shape index (κ3) is 5.03. The molecular weight excluding hydrogens is 494 g/mol. The zero-order valence-corrected chi connectivity index (χ0v) is 21.5. The van der Waals surface area contributed by atoms with Crippen LogP contribution in [0.5, 0.6) is 5.75 Å². The van der Waals surface area contributed by atoms with Crippen LogP contribution >= 0.6 is 0 Å². The van der Waals surface area contributed by atoms with Crippen molar-refractivity contribution in [2.24, 2.45) is 0 Å². The summed E-state index contributed by atoms with van der Waals surface area (Å²) in [6, 6.07) is 19.5. The molecule has 3 aromatic carbocycles. The molecular formula is C27H30N3O6S+. The highest BCUT2D eigenvalue weighted by Crippen LogP contribution is 2.36. The molecule has 1 aliphatic rings. The Labute approximate surface area is 216 Å². The van der Waals surface area contributed by atoms with Crippen LogP contribution in [0.2, 0.25) is 0 Å². The Morgan fingerprint density at radius 2 is 1.59 bits per heavy atom. The van der Waals surface area contributed by atoms with Crippen molar-refractivity contribution < 1.29 is 31.7 Å². The number of benzene rings is 3. The van der Waals surface area contributed by atoms with Gasteiger partial charge in [-0.05, 0) is 61.4 Å². The number of urea groups is 1. The number of hydrogen-bond acceptors (Lipinski definition) is 5. The molecule has 0 aliphatic carbocycles. The highest BCUT2D eigenvalue weighted by atomic mass is 32.2. The quantitative estimate of drug-likeness (QED) is 0.338. The van der Waals surface area contributed by atoms with Gasteiger partial charge in [0.2, 0.25) is 0 Å². The number of ether oxygens (including phenoxy) is 1. The van der Waals surface area contributed by atoms with Gasteiger partial charge < -0.3 is 20.5 Å². The van der Waals surface area contributed by atoms with Crippen molar-refractivity contribution >= 4 is 33.5 Å². The first-order chi connectivity index (χ1) is 17.7. The minimum Gasteiger partial charge on any atom is -0.492 e. The van der Waals surface area contributed by atoms with Gasteiger partial charge in [-0.2, -0.15) is 13.2 Å². The minimum atomic E-state index is -4.13. The Morgan fingerprint density at radius 3 is 2.16 bits per heavy atom. The monoisotopic (exact) mass is 524 g/mol. The van der Waals surface area contributed by atoms with E-state index in [0.717, 1.165) is 11.1 Å². The van der Waals surface area contributed by atoms with Crippen LogP contribution in [0.4, 0.5) is 21.0 Å². The second kappa shape index (κ2) is 10.6. The number of rotatable bonds is 7. The average molecular weight is 525 g/mol. The standard InChI is InChI=1S/C27H29N3O6S/c1-3-36-25-9-5-4-8-24(25)29-26(31)28-22-14-10-20(11-15-22)21-12-16-23(17-13-21)37(34,35)30(27(32)33)18-6-7-19(30)2/h4-5,8-17,19H,3,6-7,18H2,1-2H3,(H2-,28,29,31,32,33)/p+1/t19-,30?/m1/s1. The van der Waals surface area contributed by atoms with Crippen LogP contribution in [0.1, 0.15) is 26.7 Å². The zero-order chi connectivity index (χ0) is 26.6. The van der Waals surface area contributed by atoms with E-state index >= 15 is 0 Å². The normalized spacial score (nSPS) is 19.2. The van der Waals surface area contributed by atoms with Crippen LogP contribution in [0, 0.1) is 0 Å². The maximum absolute atomic E-state index is 13.3. The molecule has 37 heavy (non-hydrogen) atoms. The van der Waals surface area contributed by atoms with Gasteiger partial charge >= 0.3 is 22.1 Å². The average Bonchev–Trinajstić information content (AvgIpc) is 3.29. The van der Waals surface area contributed by atoms with E-state index in [2.05, 4.69) is 10.6 Å². The number of nitrogens with zero attached hydrogens (tertiary/aromatic N) is 1. The molecule has 0 radical (unpaired) electrons. The maximum Gasteiger partial charge on any atom is 0.529 e. The molecule has 4 rings (SSSR count). The van der Waals surface area contributed by atoms with Gasteiger partial charge in [-0.3, -0.25) is 0 Å². The van der Waals surface area contributed by atoms with E-state index in [1.165, 1.54) is 12.1 Å². The molecule has 1 unspecified atom stereocenters. The lowest BCUT2D eigenvalue weighted by Crippen LogP contribution is -2.58. The Hall–Kier alpha value is -3.89. The van der Waals surface area contributed by atoms with E-state index in [4.69, 9.17) is 4.74 Å². The minimum absolute atomic E-state index is 0.0188. The van der Waals surface area contributed by atoms with Crippen LogP contribution in [0.15, 0.2) is 77.7 Å². The number of carboxylic acid groups (broad SMARTS) is 1. The van der Waals surface area contributed by atoms with Crippen LogP contribution in [0.3, 0.4) is 0 Å². The lowest BCUT2D eigenvalue weighted by Gasteiger charge is -2.30. The van der Waals surface area contributed by atoms with Gasteiger partial charge in [0.05, 0.1) is 12.3 Å². The lowest BCUT2D eigenvalue weighted by molar-refractivity contribution is -0.741. The Bertz CT molecular complexity index is 1390. The second-order valence-electron chi connectivity index (χ2n) is 8.88. The lowest BCUT2D eigenvalue weighted by atomic mass is 10.1. The van der Waals surface area contributed by atoms with Crippen molar-refractivity contribution in [3.63, 3.8) is 0 Å². The number of anilines is 2. The number of likely N-dealkylation sites (tertiary alicyclic amines) is 1. The van der Waals surface area contributed by atoms with Crippen LogP contribution in [-0.4, -0.2) is 48.7 Å².